The molecule has 3 N–H and O–H groups in total. The Balaban J connectivity index is 1.21. The van der Waals surface area contributed by atoms with Gasteiger partial charge in [-0.15, -0.1) is 0 Å². The number of nitrogens with one attached hydrogen (secondary N) is 2. The zero-order valence-corrected chi connectivity index (χ0v) is 20.5. The minimum atomic E-state index is -0.124. The highest BCUT2D eigenvalue weighted by Gasteiger charge is 2.28. The largest absolute Gasteiger partial charge is 0.393 e. The van der Waals surface area contributed by atoms with E-state index in [4.69, 9.17) is 9.97 Å². The maximum absolute atomic E-state index is 9.92. The second-order valence-electron chi connectivity index (χ2n) is 11.4. The molecule has 1 aliphatic heterocycles. The standard InChI is InChI=1S/C27H45N5O/c33-24-10-8-23(9-11-24)30-26-25(18-29-27(31-26)28-15-12-20-6-7-20)22-13-16-32(17-14-22)19-21-4-2-1-3-5-21/h18,20-24,33H,1-17,19H2,(H2,28,29,30,31). The van der Waals surface area contributed by atoms with Crippen LogP contribution in [0.5, 0.6) is 0 Å². The van der Waals surface area contributed by atoms with Crippen LogP contribution < -0.4 is 10.6 Å². The van der Waals surface area contributed by atoms with E-state index in [1.54, 1.807) is 0 Å². The number of likely N-dealkylation sites (tertiary alicyclic amines) is 1. The van der Waals surface area contributed by atoms with E-state index in [2.05, 4.69) is 21.7 Å². The number of hydrogen-bond acceptors (Lipinski definition) is 6. The number of piperidine rings is 1. The van der Waals surface area contributed by atoms with Gasteiger partial charge in [0.25, 0.3) is 0 Å². The average molecular weight is 456 g/mol. The number of nitrogens with zero attached hydrogens (tertiary/aromatic N) is 3. The molecule has 2 heterocycles. The first kappa shape index (κ1) is 23.3. The fourth-order valence-electron chi connectivity index (χ4n) is 6.26. The summed E-state index contributed by atoms with van der Waals surface area (Å²) in [5, 5.41) is 17.2. The van der Waals surface area contributed by atoms with Crippen LogP contribution in [0, 0.1) is 11.8 Å². The number of aromatic nitrogens is 2. The predicted octanol–water partition coefficient (Wildman–Crippen LogP) is 5.16. The number of anilines is 2. The third-order valence-electron chi connectivity index (χ3n) is 8.66. The number of rotatable bonds is 9. The third kappa shape index (κ3) is 6.82. The summed E-state index contributed by atoms with van der Waals surface area (Å²) in [6.07, 6.45) is 19.4. The third-order valence-corrected chi connectivity index (χ3v) is 8.66. The zero-order valence-electron chi connectivity index (χ0n) is 20.5. The first-order valence-corrected chi connectivity index (χ1v) is 14.0. The van der Waals surface area contributed by atoms with E-state index < -0.39 is 0 Å². The molecule has 0 radical (unpaired) electrons. The topological polar surface area (TPSA) is 73.3 Å². The van der Waals surface area contributed by atoms with Crippen LogP contribution in [0.15, 0.2) is 6.20 Å². The SMILES string of the molecule is OC1CCC(Nc2nc(NCCC3CC3)ncc2C2CCN(CC3CCCCC3)CC2)CC1. The summed E-state index contributed by atoms with van der Waals surface area (Å²) in [6.45, 7) is 4.69. The first-order valence-electron chi connectivity index (χ1n) is 14.0. The zero-order chi connectivity index (χ0) is 22.5. The maximum atomic E-state index is 9.92. The van der Waals surface area contributed by atoms with Gasteiger partial charge in [0.2, 0.25) is 5.95 Å². The molecule has 1 saturated heterocycles. The van der Waals surface area contributed by atoms with E-state index in [1.807, 2.05) is 0 Å². The second kappa shape index (κ2) is 11.4. The summed E-state index contributed by atoms with van der Waals surface area (Å²) < 4.78 is 0. The molecule has 5 rings (SSSR count). The van der Waals surface area contributed by atoms with Gasteiger partial charge in [-0.1, -0.05) is 32.1 Å². The van der Waals surface area contributed by atoms with Gasteiger partial charge in [-0.2, -0.15) is 4.98 Å². The highest BCUT2D eigenvalue weighted by atomic mass is 16.3. The molecule has 6 heteroatoms. The van der Waals surface area contributed by atoms with Crippen LogP contribution in [-0.4, -0.2) is 58.3 Å². The molecule has 1 aromatic heterocycles. The molecule has 0 unspecified atom stereocenters. The van der Waals surface area contributed by atoms with Crippen LogP contribution in [-0.2, 0) is 0 Å². The molecule has 0 atom stereocenters. The number of aliphatic hydroxyl groups excluding tert-OH is 1. The molecule has 4 fully saturated rings. The lowest BCUT2D eigenvalue weighted by Crippen LogP contribution is -2.37. The molecule has 6 nitrogen and oxygen atoms in total. The molecule has 0 aromatic carbocycles. The van der Waals surface area contributed by atoms with Gasteiger partial charge in [0, 0.05) is 30.9 Å². The van der Waals surface area contributed by atoms with E-state index in [1.165, 1.54) is 89.4 Å². The van der Waals surface area contributed by atoms with E-state index in [-0.39, 0.29) is 6.10 Å². The van der Waals surface area contributed by atoms with Crippen molar-refractivity contribution in [1.29, 1.82) is 0 Å². The Morgan fingerprint density at radius 2 is 1.64 bits per heavy atom. The van der Waals surface area contributed by atoms with Crippen molar-refractivity contribution in [3.05, 3.63) is 11.8 Å². The fourth-order valence-corrected chi connectivity index (χ4v) is 6.26. The summed E-state index contributed by atoms with van der Waals surface area (Å²) in [7, 11) is 0. The Hall–Kier alpha value is -1.40. The number of hydrogen-bond donors (Lipinski definition) is 3. The summed E-state index contributed by atoms with van der Waals surface area (Å²) >= 11 is 0. The molecule has 0 amide bonds. The number of aliphatic hydroxyl groups is 1. The van der Waals surface area contributed by atoms with Crippen molar-refractivity contribution < 1.29 is 5.11 Å². The van der Waals surface area contributed by atoms with Crippen LogP contribution in [0.4, 0.5) is 11.8 Å². The second-order valence-corrected chi connectivity index (χ2v) is 11.4. The quantitative estimate of drug-likeness (QED) is 0.477. The van der Waals surface area contributed by atoms with Crippen molar-refractivity contribution in [2.45, 2.75) is 108 Å². The average Bonchev–Trinajstić information content (AvgIpc) is 3.67. The molecular formula is C27H45N5O. The lowest BCUT2D eigenvalue weighted by Gasteiger charge is -2.36. The van der Waals surface area contributed by atoms with Crippen LogP contribution in [0.2, 0.25) is 0 Å². The highest BCUT2D eigenvalue weighted by molar-refractivity contribution is 5.50. The van der Waals surface area contributed by atoms with Crippen LogP contribution in [0.3, 0.4) is 0 Å². The Kier molecular flexibility index (Phi) is 8.03. The Bertz CT molecular complexity index is 732. The van der Waals surface area contributed by atoms with Gasteiger partial charge in [-0.25, -0.2) is 4.98 Å². The van der Waals surface area contributed by atoms with Crippen LogP contribution in [0.1, 0.15) is 101 Å². The molecular weight excluding hydrogens is 410 g/mol. The fraction of sp³-hybridized carbons (Fsp3) is 0.852. The van der Waals surface area contributed by atoms with Crippen molar-refractivity contribution in [1.82, 2.24) is 14.9 Å². The lowest BCUT2D eigenvalue weighted by atomic mass is 9.86. The highest BCUT2D eigenvalue weighted by Crippen LogP contribution is 2.35. The Morgan fingerprint density at radius 3 is 2.36 bits per heavy atom. The van der Waals surface area contributed by atoms with Crippen molar-refractivity contribution >= 4 is 11.8 Å². The first-order chi connectivity index (χ1) is 16.2. The maximum Gasteiger partial charge on any atom is 0.224 e. The Labute approximate surface area is 200 Å². The minimum absolute atomic E-state index is 0.124. The van der Waals surface area contributed by atoms with Gasteiger partial charge in [-0.3, -0.25) is 0 Å². The molecule has 0 bridgehead atoms. The van der Waals surface area contributed by atoms with Gasteiger partial charge >= 0.3 is 0 Å². The van der Waals surface area contributed by atoms with Gasteiger partial charge in [0.15, 0.2) is 0 Å². The smallest absolute Gasteiger partial charge is 0.224 e. The molecule has 3 aliphatic carbocycles. The van der Waals surface area contributed by atoms with E-state index in [9.17, 15) is 5.11 Å². The molecule has 0 spiro atoms. The summed E-state index contributed by atoms with van der Waals surface area (Å²) in [4.78, 5) is 12.4. The lowest BCUT2D eigenvalue weighted by molar-refractivity contribution is 0.126. The molecule has 33 heavy (non-hydrogen) atoms. The van der Waals surface area contributed by atoms with E-state index >= 15 is 0 Å². The predicted molar refractivity (Wildman–Crippen MR) is 135 cm³/mol. The summed E-state index contributed by atoms with van der Waals surface area (Å²) in [5.41, 5.74) is 1.31. The van der Waals surface area contributed by atoms with Gasteiger partial charge in [-0.05, 0) is 88.6 Å². The summed E-state index contributed by atoms with van der Waals surface area (Å²) in [6, 6.07) is 0.410. The molecule has 1 aromatic rings. The molecule has 3 saturated carbocycles. The monoisotopic (exact) mass is 455 g/mol. The van der Waals surface area contributed by atoms with Crippen LogP contribution in [0.25, 0.3) is 0 Å². The normalized spacial score (nSPS) is 28.0. The van der Waals surface area contributed by atoms with E-state index in [0.717, 1.165) is 55.8 Å². The molecule has 184 valence electrons. The molecule has 4 aliphatic rings. The van der Waals surface area contributed by atoms with Gasteiger partial charge < -0.3 is 20.6 Å². The van der Waals surface area contributed by atoms with Crippen molar-refractivity contribution in [3.8, 4) is 0 Å². The van der Waals surface area contributed by atoms with Crippen LogP contribution >= 0.6 is 0 Å². The van der Waals surface area contributed by atoms with Gasteiger partial charge in [0.05, 0.1) is 6.10 Å². The summed E-state index contributed by atoms with van der Waals surface area (Å²) in [5.74, 6) is 4.21. The Morgan fingerprint density at radius 1 is 0.879 bits per heavy atom. The van der Waals surface area contributed by atoms with Gasteiger partial charge in [0.1, 0.15) is 5.82 Å². The van der Waals surface area contributed by atoms with Crippen molar-refractivity contribution in [2.24, 2.45) is 11.8 Å². The minimum Gasteiger partial charge on any atom is -0.393 e. The van der Waals surface area contributed by atoms with Crippen molar-refractivity contribution in [3.63, 3.8) is 0 Å². The van der Waals surface area contributed by atoms with E-state index in [0.29, 0.717) is 12.0 Å². The van der Waals surface area contributed by atoms with Crippen molar-refractivity contribution in [2.75, 3.05) is 36.8 Å².